The third-order valence-electron chi connectivity index (χ3n) is 1.90. The molecule has 3 nitrogen and oxygen atoms in total. The van der Waals surface area contributed by atoms with Gasteiger partial charge in [0.1, 0.15) is 5.82 Å². The Morgan fingerprint density at radius 2 is 2.27 bits per heavy atom. The van der Waals surface area contributed by atoms with Crippen molar-refractivity contribution in [2.24, 2.45) is 0 Å². The molecule has 1 rings (SSSR count). The first kappa shape index (κ1) is 12.6. The molecule has 0 aliphatic rings. The summed E-state index contributed by atoms with van der Waals surface area (Å²) in [5.41, 5.74) is 0.949. The van der Waals surface area contributed by atoms with Crippen LogP contribution in [0.25, 0.3) is 0 Å². The molecule has 0 radical (unpaired) electrons. The number of rotatable bonds is 4. The molecule has 0 aliphatic carbocycles. The molecule has 2 unspecified atom stereocenters. The Kier molecular flexibility index (Phi) is 4.73. The van der Waals surface area contributed by atoms with Crippen molar-refractivity contribution in [2.45, 2.75) is 19.9 Å². The number of halogens is 1. The second-order valence-corrected chi connectivity index (χ2v) is 5.88. The minimum absolute atomic E-state index is 0.170. The minimum atomic E-state index is -0.779. The van der Waals surface area contributed by atoms with Gasteiger partial charge in [0, 0.05) is 33.3 Å². The van der Waals surface area contributed by atoms with Crippen LogP contribution in [0, 0.1) is 6.92 Å². The predicted molar refractivity (Wildman–Crippen MR) is 68.7 cm³/mol. The fourth-order valence-corrected chi connectivity index (χ4v) is 2.28. The molecule has 0 amide bonds. The topological polar surface area (TPSA) is 42.0 Å². The predicted octanol–water partition coefficient (Wildman–Crippen LogP) is 2.33. The number of pyridine rings is 1. The number of aryl methyl sites for hydroxylation is 1. The Hall–Kier alpha value is -0.420. The lowest BCUT2D eigenvalue weighted by Gasteiger charge is -2.13. The molecule has 0 aromatic carbocycles. The van der Waals surface area contributed by atoms with Gasteiger partial charge in [-0.25, -0.2) is 4.98 Å². The van der Waals surface area contributed by atoms with Crippen molar-refractivity contribution in [3.8, 4) is 0 Å². The molecule has 1 N–H and O–H groups in total. The van der Waals surface area contributed by atoms with Crippen molar-refractivity contribution in [1.29, 1.82) is 0 Å². The number of nitrogens with one attached hydrogen (secondary N) is 1. The molecule has 15 heavy (non-hydrogen) atoms. The van der Waals surface area contributed by atoms with Gasteiger partial charge in [0.25, 0.3) is 0 Å². The Labute approximate surface area is 101 Å². The zero-order chi connectivity index (χ0) is 11.4. The third kappa shape index (κ3) is 4.30. The maximum Gasteiger partial charge on any atom is 0.126 e. The molecule has 0 aliphatic heterocycles. The number of nitrogens with zero attached hydrogens (tertiary/aromatic N) is 1. The van der Waals surface area contributed by atoms with Gasteiger partial charge in [-0.2, -0.15) is 0 Å². The molecule has 1 aromatic heterocycles. The van der Waals surface area contributed by atoms with Crippen molar-refractivity contribution in [3.05, 3.63) is 22.3 Å². The van der Waals surface area contributed by atoms with E-state index in [0.717, 1.165) is 16.0 Å². The number of anilines is 1. The Morgan fingerprint density at radius 3 is 2.80 bits per heavy atom. The van der Waals surface area contributed by atoms with Gasteiger partial charge in [0.05, 0.1) is 5.69 Å². The number of hydrogen-bond acceptors (Lipinski definition) is 3. The van der Waals surface area contributed by atoms with Gasteiger partial charge in [-0.05, 0) is 41.9 Å². The molecule has 0 bridgehead atoms. The zero-order valence-electron chi connectivity index (χ0n) is 9.08. The summed E-state index contributed by atoms with van der Waals surface area (Å²) in [6, 6.07) is 4.04. The molecule has 5 heteroatoms. The highest BCUT2D eigenvalue weighted by molar-refractivity contribution is 9.10. The van der Waals surface area contributed by atoms with E-state index >= 15 is 0 Å². The van der Waals surface area contributed by atoms with Crippen LogP contribution in [0.5, 0.6) is 0 Å². The summed E-state index contributed by atoms with van der Waals surface area (Å²) in [5, 5.41) is 3.22. The van der Waals surface area contributed by atoms with Crippen molar-refractivity contribution < 1.29 is 4.21 Å². The van der Waals surface area contributed by atoms with E-state index in [-0.39, 0.29) is 6.04 Å². The van der Waals surface area contributed by atoms with E-state index < -0.39 is 10.8 Å². The lowest BCUT2D eigenvalue weighted by atomic mass is 10.3. The molecule has 0 fully saturated rings. The molecule has 84 valence electrons. The molecule has 0 saturated carbocycles. The summed E-state index contributed by atoms with van der Waals surface area (Å²) < 4.78 is 12.0. The molecule has 0 spiro atoms. The Bertz CT molecular complexity index is 370. The van der Waals surface area contributed by atoms with Crippen LogP contribution in [-0.4, -0.2) is 27.2 Å². The monoisotopic (exact) mass is 290 g/mol. The maximum absolute atomic E-state index is 11.0. The minimum Gasteiger partial charge on any atom is -0.367 e. The standard InChI is InChI=1S/C10H15BrN2OS/c1-7(6-15(3)14)12-10-5-4-9(11)8(2)13-10/h4-5,7H,6H2,1-3H3,(H,12,13). The fourth-order valence-electron chi connectivity index (χ4n) is 1.27. The number of aromatic nitrogens is 1. The van der Waals surface area contributed by atoms with Gasteiger partial charge in [0.2, 0.25) is 0 Å². The van der Waals surface area contributed by atoms with E-state index in [1.807, 2.05) is 26.0 Å². The largest absolute Gasteiger partial charge is 0.367 e. The molecule has 1 aromatic rings. The van der Waals surface area contributed by atoms with Crippen LogP contribution in [0.2, 0.25) is 0 Å². The van der Waals surface area contributed by atoms with Crippen LogP contribution in [-0.2, 0) is 10.8 Å². The van der Waals surface area contributed by atoms with Crippen LogP contribution >= 0.6 is 15.9 Å². The van der Waals surface area contributed by atoms with E-state index in [0.29, 0.717) is 5.75 Å². The summed E-state index contributed by atoms with van der Waals surface area (Å²) >= 11 is 3.40. The van der Waals surface area contributed by atoms with E-state index in [2.05, 4.69) is 26.2 Å². The van der Waals surface area contributed by atoms with Crippen molar-refractivity contribution in [1.82, 2.24) is 4.98 Å². The zero-order valence-corrected chi connectivity index (χ0v) is 11.5. The first-order valence-corrected chi connectivity index (χ1v) is 7.20. The van der Waals surface area contributed by atoms with Crippen LogP contribution in [0.1, 0.15) is 12.6 Å². The molecular weight excluding hydrogens is 276 g/mol. The quantitative estimate of drug-likeness (QED) is 0.925. The van der Waals surface area contributed by atoms with Crippen LogP contribution < -0.4 is 5.32 Å². The van der Waals surface area contributed by atoms with Crippen molar-refractivity contribution in [2.75, 3.05) is 17.3 Å². The summed E-state index contributed by atoms with van der Waals surface area (Å²) in [4.78, 5) is 4.36. The SMILES string of the molecule is Cc1nc(NC(C)CS(C)=O)ccc1Br. The highest BCUT2D eigenvalue weighted by atomic mass is 79.9. The van der Waals surface area contributed by atoms with Crippen LogP contribution in [0.4, 0.5) is 5.82 Å². The molecule has 2 atom stereocenters. The summed E-state index contributed by atoms with van der Waals surface area (Å²) in [7, 11) is -0.779. The lowest BCUT2D eigenvalue weighted by Crippen LogP contribution is -2.22. The average Bonchev–Trinajstić information content (AvgIpc) is 2.10. The Balaban J connectivity index is 2.64. The van der Waals surface area contributed by atoms with Gasteiger partial charge in [-0.15, -0.1) is 0 Å². The Morgan fingerprint density at radius 1 is 1.60 bits per heavy atom. The maximum atomic E-state index is 11.0. The van der Waals surface area contributed by atoms with Gasteiger partial charge >= 0.3 is 0 Å². The van der Waals surface area contributed by atoms with Crippen molar-refractivity contribution >= 4 is 32.5 Å². The summed E-state index contributed by atoms with van der Waals surface area (Å²) in [6.07, 6.45) is 1.71. The van der Waals surface area contributed by atoms with Gasteiger partial charge in [-0.3, -0.25) is 4.21 Å². The fraction of sp³-hybridized carbons (Fsp3) is 0.500. The lowest BCUT2D eigenvalue weighted by molar-refractivity contribution is 0.683. The second-order valence-electron chi connectivity index (χ2n) is 3.55. The summed E-state index contributed by atoms with van der Waals surface area (Å²) in [6.45, 7) is 3.94. The highest BCUT2D eigenvalue weighted by Crippen LogP contribution is 2.16. The normalized spacial score (nSPS) is 14.7. The van der Waals surface area contributed by atoms with E-state index in [4.69, 9.17) is 0 Å². The van der Waals surface area contributed by atoms with Crippen molar-refractivity contribution in [3.63, 3.8) is 0 Å². The first-order valence-electron chi connectivity index (χ1n) is 4.68. The smallest absolute Gasteiger partial charge is 0.126 e. The van der Waals surface area contributed by atoms with Gasteiger partial charge in [0.15, 0.2) is 0 Å². The van der Waals surface area contributed by atoms with Gasteiger partial charge in [-0.1, -0.05) is 0 Å². The second kappa shape index (κ2) is 5.61. The van der Waals surface area contributed by atoms with Crippen LogP contribution in [0.15, 0.2) is 16.6 Å². The number of hydrogen-bond donors (Lipinski definition) is 1. The third-order valence-corrected chi connectivity index (χ3v) is 3.71. The van der Waals surface area contributed by atoms with E-state index in [1.54, 1.807) is 6.26 Å². The van der Waals surface area contributed by atoms with Crippen LogP contribution in [0.3, 0.4) is 0 Å². The molecular formula is C10H15BrN2OS. The van der Waals surface area contributed by atoms with E-state index in [9.17, 15) is 4.21 Å². The molecule has 0 saturated heterocycles. The molecule has 1 heterocycles. The average molecular weight is 291 g/mol. The summed E-state index contributed by atoms with van der Waals surface area (Å²) in [5.74, 6) is 1.46. The van der Waals surface area contributed by atoms with Gasteiger partial charge < -0.3 is 5.32 Å². The van der Waals surface area contributed by atoms with E-state index in [1.165, 1.54) is 0 Å². The highest BCUT2D eigenvalue weighted by Gasteiger charge is 2.05. The first-order chi connectivity index (χ1) is 6.99.